The van der Waals surface area contributed by atoms with Crippen molar-refractivity contribution < 1.29 is 9.26 Å². The minimum Gasteiger partial charge on any atom is -0.378 e. The fourth-order valence-corrected chi connectivity index (χ4v) is 2.99. The van der Waals surface area contributed by atoms with Crippen LogP contribution in [0.1, 0.15) is 31.0 Å². The number of aryl methyl sites for hydroxylation is 1. The fraction of sp³-hybridized carbons (Fsp3) is 0.471. The van der Waals surface area contributed by atoms with Gasteiger partial charge >= 0.3 is 0 Å². The molecule has 0 unspecified atom stereocenters. The van der Waals surface area contributed by atoms with Crippen molar-refractivity contribution in [1.82, 2.24) is 5.16 Å². The second-order valence-corrected chi connectivity index (χ2v) is 5.85. The molecular formula is C17H22N2O2. The number of nitrogen functional groups attached to an aromatic ring is 1. The van der Waals surface area contributed by atoms with Gasteiger partial charge in [-0.3, -0.25) is 0 Å². The van der Waals surface area contributed by atoms with Gasteiger partial charge in [-0.05, 0) is 44.6 Å². The normalized spacial score (nSPS) is 21.2. The highest BCUT2D eigenvalue weighted by Gasteiger charge is 2.31. The van der Waals surface area contributed by atoms with E-state index < -0.39 is 0 Å². The average Bonchev–Trinajstić information content (AvgIpc) is 2.79. The maximum absolute atomic E-state index is 5.97. The highest BCUT2D eigenvalue weighted by atomic mass is 16.5. The zero-order valence-electron chi connectivity index (χ0n) is 12.6. The lowest BCUT2D eigenvalue weighted by atomic mass is 9.78. The highest BCUT2D eigenvalue weighted by Crippen LogP contribution is 2.37. The number of anilines is 1. The van der Waals surface area contributed by atoms with Crippen LogP contribution in [0.25, 0.3) is 11.1 Å². The molecule has 0 amide bonds. The average molecular weight is 286 g/mol. The number of nitrogens with two attached hydrogens (primary N) is 1. The fourth-order valence-electron chi connectivity index (χ4n) is 2.99. The first-order valence-electron chi connectivity index (χ1n) is 7.60. The van der Waals surface area contributed by atoms with Gasteiger partial charge in [-0.25, -0.2) is 0 Å². The van der Waals surface area contributed by atoms with E-state index in [4.69, 9.17) is 15.0 Å². The molecule has 0 aliphatic heterocycles. The Balaban J connectivity index is 1.74. The zero-order valence-corrected chi connectivity index (χ0v) is 12.6. The van der Waals surface area contributed by atoms with Gasteiger partial charge in [0.25, 0.3) is 0 Å². The number of ether oxygens (including phenoxy) is 1. The van der Waals surface area contributed by atoms with E-state index >= 15 is 0 Å². The van der Waals surface area contributed by atoms with Crippen LogP contribution in [0.5, 0.6) is 0 Å². The highest BCUT2D eigenvalue weighted by molar-refractivity contribution is 5.75. The number of hydrogen-bond acceptors (Lipinski definition) is 4. The molecule has 0 bridgehead atoms. The summed E-state index contributed by atoms with van der Waals surface area (Å²) >= 11 is 0. The third kappa shape index (κ3) is 2.95. The molecule has 21 heavy (non-hydrogen) atoms. The van der Waals surface area contributed by atoms with E-state index in [9.17, 15) is 0 Å². The first kappa shape index (κ1) is 14.1. The van der Waals surface area contributed by atoms with Gasteiger partial charge in [-0.1, -0.05) is 35.0 Å². The third-order valence-electron chi connectivity index (χ3n) is 4.21. The Labute approximate surface area is 125 Å². The van der Waals surface area contributed by atoms with E-state index in [0.717, 1.165) is 42.7 Å². The lowest BCUT2D eigenvalue weighted by Crippen LogP contribution is -2.32. The Morgan fingerprint density at radius 2 is 2.00 bits per heavy atom. The summed E-state index contributed by atoms with van der Waals surface area (Å²) in [4.78, 5) is 0. The SMILES string of the molecule is CCOC1CC(Cc2noc(N)c2-c2ccc(C)cc2)C1. The minimum absolute atomic E-state index is 0.412. The van der Waals surface area contributed by atoms with Crippen molar-refractivity contribution in [2.45, 2.75) is 39.2 Å². The zero-order chi connectivity index (χ0) is 14.8. The van der Waals surface area contributed by atoms with Gasteiger partial charge in [0.2, 0.25) is 5.88 Å². The molecule has 4 heteroatoms. The van der Waals surface area contributed by atoms with Crippen LogP contribution < -0.4 is 5.73 Å². The van der Waals surface area contributed by atoms with Gasteiger partial charge in [0.05, 0.1) is 17.4 Å². The monoisotopic (exact) mass is 286 g/mol. The van der Waals surface area contributed by atoms with Crippen LogP contribution in [0.3, 0.4) is 0 Å². The van der Waals surface area contributed by atoms with E-state index in [1.54, 1.807) is 0 Å². The standard InChI is InChI=1S/C17H22N2O2/c1-3-20-14-8-12(9-14)10-15-16(17(18)21-19-15)13-6-4-11(2)5-7-13/h4-7,12,14H,3,8-10,18H2,1-2H3. The van der Waals surface area contributed by atoms with Crippen LogP contribution >= 0.6 is 0 Å². The number of benzene rings is 1. The molecule has 3 rings (SSSR count). The minimum atomic E-state index is 0.412. The summed E-state index contributed by atoms with van der Waals surface area (Å²) in [6.45, 7) is 4.91. The lowest BCUT2D eigenvalue weighted by molar-refractivity contribution is -0.0244. The second kappa shape index (κ2) is 5.90. The summed E-state index contributed by atoms with van der Waals surface area (Å²) in [5.74, 6) is 1.03. The first-order chi connectivity index (χ1) is 10.2. The van der Waals surface area contributed by atoms with Gasteiger partial charge in [-0.2, -0.15) is 0 Å². The molecule has 2 aromatic rings. The van der Waals surface area contributed by atoms with Crippen LogP contribution in [0.15, 0.2) is 28.8 Å². The van der Waals surface area contributed by atoms with Crippen LogP contribution in [0, 0.1) is 12.8 Å². The molecule has 0 atom stereocenters. The second-order valence-electron chi connectivity index (χ2n) is 5.85. The molecule has 112 valence electrons. The Bertz CT molecular complexity index is 598. The van der Waals surface area contributed by atoms with Crippen LogP contribution in [0.4, 0.5) is 5.88 Å². The quantitative estimate of drug-likeness (QED) is 0.912. The number of aromatic nitrogens is 1. The summed E-state index contributed by atoms with van der Waals surface area (Å²) in [7, 11) is 0. The number of hydrogen-bond donors (Lipinski definition) is 1. The molecule has 4 nitrogen and oxygen atoms in total. The van der Waals surface area contributed by atoms with E-state index in [1.165, 1.54) is 5.56 Å². The first-order valence-corrected chi connectivity index (χ1v) is 7.60. The molecular weight excluding hydrogens is 264 g/mol. The maximum Gasteiger partial charge on any atom is 0.230 e. The Kier molecular flexibility index (Phi) is 3.97. The predicted molar refractivity (Wildman–Crippen MR) is 82.9 cm³/mol. The number of rotatable bonds is 5. The van der Waals surface area contributed by atoms with Crippen molar-refractivity contribution in [1.29, 1.82) is 0 Å². The molecule has 1 saturated carbocycles. The largest absolute Gasteiger partial charge is 0.378 e. The Hall–Kier alpha value is -1.81. The van der Waals surface area contributed by atoms with Crippen molar-refractivity contribution in [3.8, 4) is 11.1 Å². The van der Waals surface area contributed by atoms with Gasteiger partial charge in [0.1, 0.15) is 0 Å². The molecule has 1 aliphatic carbocycles. The van der Waals surface area contributed by atoms with Crippen molar-refractivity contribution in [2.24, 2.45) is 5.92 Å². The topological polar surface area (TPSA) is 61.3 Å². The Morgan fingerprint density at radius 1 is 1.29 bits per heavy atom. The van der Waals surface area contributed by atoms with Crippen LogP contribution in [-0.4, -0.2) is 17.9 Å². The predicted octanol–water partition coefficient (Wildman–Crippen LogP) is 3.59. The maximum atomic E-state index is 5.97. The molecule has 0 radical (unpaired) electrons. The molecule has 0 spiro atoms. The third-order valence-corrected chi connectivity index (χ3v) is 4.21. The summed E-state index contributed by atoms with van der Waals surface area (Å²) in [5.41, 5.74) is 10.2. The van der Waals surface area contributed by atoms with E-state index in [2.05, 4.69) is 36.3 Å². The molecule has 1 aromatic carbocycles. The van der Waals surface area contributed by atoms with Crippen molar-refractivity contribution >= 4 is 5.88 Å². The van der Waals surface area contributed by atoms with Crippen LogP contribution in [0.2, 0.25) is 0 Å². The van der Waals surface area contributed by atoms with E-state index in [0.29, 0.717) is 17.9 Å². The Morgan fingerprint density at radius 3 is 2.67 bits per heavy atom. The lowest BCUT2D eigenvalue weighted by Gasteiger charge is -2.34. The van der Waals surface area contributed by atoms with Gasteiger partial charge in [-0.15, -0.1) is 0 Å². The van der Waals surface area contributed by atoms with Crippen molar-refractivity contribution in [3.63, 3.8) is 0 Å². The summed E-state index contributed by atoms with van der Waals surface area (Å²) in [6, 6.07) is 8.32. The smallest absolute Gasteiger partial charge is 0.230 e. The molecule has 0 saturated heterocycles. The summed E-state index contributed by atoms with van der Waals surface area (Å²) in [6.07, 6.45) is 3.54. The molecule has 2 N–H and O–H groups in total. The summed E-state index contributed by atoms with van der Waals surface area (Å²) in [5, 5.41) is 4.17. The molecule has 1 aliphatic rings. The number of nitrogens with zero attached hydrogens (tertiary/aromatic N) is 1. The molecule has 1 aromatic heterocycles. The molecule has 1 heterocycles. The molecule has 1 fully saturated rings. The van der Waals surface area contributed by atoms with E-state index in [-0.39, 0.29) is 0 Å². The van der Waals surface area contributed by atoms with E-state index in [1.807, 2.05) is 6.92 Å². The summed E-state index contributed by atoms with van der Waals surface area (Å²) < 4.78 is 10.8. The van der Waals surface area contributed by atoms with Gasteiger partial charge in [0.15, 0.2) is 0 Å². The van der Waals surface area contributed by atoms with Gasteiger partial charge in [0, 0.05) is 6.61 Å². The van der Waals surface area contributed by atoms with Crippen LogP contribution in [-0.2, 0) is 11.2 Å². The van der Waals surface area contributed by atoms with Crippen molar-refractivity contribution in [3.05, 3.63) is 35.5 Å². The van der Waals surface area contributed by atoms with Gasteiger partial charge < -0.3 is 15.0 Å². The van der Waals surface area contributed by atoms with Crippen molar-refractivity contribution in [2.75, 3.05) is 12.3 Å².